The van der Waals surface area contributed by atoms with Crippen LogP contribution in [0.25, 0.3) is 0 Å². The Kier molecular flexibility index (Phi) is 51.5. The maximum absolute atomic E-state index is 13.9. The number of hydrogen-bond acceptors (Lipinski definition) is 26. The van der Waals surface area contributed by atoms with Crippen molar-refractivity contribution in [2.24, 2.45) is 33.8 Å². The molecule has 0 aromatic heterocycles. The predicted molar refractivity (Wildman–Crippen MR) is 483 cm³/mol. The number of nitrogens with zero attached hydrogens (tertiary/aromatic N) is 6. The summed E-state index contributed by atoms with van der Waals surface area (Å²) in [5.41, 5.74) is 19.8. The average molecular weight is 2090 g/mol. The Morgan fingerprint density at radius 3 is 0.942 bits per heavy atom. The summed E-state index contributed by atoms with van der Waals surface area (Å²) in [4.78, 5) is 275. The van der Waals surface area contributed by atoms with Crippen LogP contribution in [0.1, 0.15) is 220 Å². The molecule has 0 aromatic carbocycles. The summed E-state index contributed by atoms with van der Waals surface area (Å²) in [5, 5.41) is 75.3. The quantitative estimate of drug-likeness (QED) is 0.0153. The van der Waals surface area contributed by atoms with Crippen molar-refractivity contribution in [3.8, 4) is 0 Å². The molecule has 16 amide bonds. The molecule has 0 saturated carbocycles. The molecule has 2 radical (unpaired) electrons. The van der Waals surface area contributed by atoms with Gasteiger partial charge in [-0.3, -0.25) is 119 Å². The van der Waals surface area contributed by atoms with Crippen molar-refractivity contribution in [2.45, 2.75) is 316 Å². The number of rotatable bonds is 44. The van der Waals surface area contributed by atoms with Crippen LogP contribution in [0.5, 0.6) is 0 Å². The number of Topliss-reactive ketones (excluding diaryl/α,β-unsaturated/α-hetero) is 2. The first-order valence-corrected chi connectivity index (χ1v) is 45.7. The van der Waals surface area contributed by atoms with Gasteiger partial charge < -0.3 is 123 Å². The van der Waals surface area contributed by atoms with Crippen LogP contribution < -0.4 is 107 Å². The third kappa shape index (κ3) is 41.0. The summed E-state index contributed by atoms with van der Waals surface area (Å²) in [6.45, 7) is 22.8. The third-order valence-electron chi connectivity index (χ3n) is 23.1. The van der Waals surface area contributed by atoms with Crippen LogP contribution in [0.3, 0.4) is 0 Å². The van der Waals surface area contributed by atoms with Crippen LogP contribution in [0.15, 0.2) is 0 Å². The van der Waals surface area contributed by atoms with Crippen LogP contribution in [0, 0.1) is 10.8 Å². The van der Waals surface area contributed by atoms with E-state index in [1.165, 1.54) is 19.6 Å². The van der Waals surface area contributed by atoms with Gasteiger partial charge in [0.2, 0.25) is 94.5 Å². The van der Waals surface area contributed by atoms with E-state index in [0.717, 1.165) is 9.80 Å². The number of carbonyl (C=O) groups excluding carboxylic acids is 20. The zero-order valence-corrected chi connectivity index (χ0v) is 86.4. The van der Waals surface area contributed by atoms with Gasteiger partial charge in [0, 0.05) is 151 Å². The minimum atomic E-state index is -1.56. The number of likely N-dealkylation sites (tertiary alicyclic amines) is 6. The van der Waals surface area contributed by atoms with E-state index < -0.39 is 254 Å². The Bertz CT molecular complexity index is 4040. The molecule has 6 rings (SSSR count). The van der Waals surface area contributed by atoms with E-state index in [1.807, 2.05) is 41.5 Å². The van der Waals surface area contributed by atoms with Gasteiger partial charge in [-0.15, -0.1) is 0 Å². The fourth-order valence-corrected chi connectivity index (χ4v) is 16.7. The molecule has 14 atom stereocenters. The molecule has 6 aliphatic heterocycles. The molecule has 24 N–H and O–H groups in total. The first kappa shape index (κ1) is 123. The summed E-state index contributed by atoms with van der Waals surface area (Å²) in [6, 6.07) is -12.6. The van der Waals surface area contributed by atoms with Crippen LogP contribution in [0.4, 0.5) is 0 Å². The fourth-order valence-electron chi connectivity index (χ4n) is 16.7. The number of guanidine groups is 2. The van der Waals surface area contributed by atoms with Gasteiger partial charge in [-0.2, -0.15) is 0 Å². The Morgan fingerprint density at radius 1 is 0.372 bits per heavy atom. The molecular formula is C87H148N24O24Y2. The number of carboxylic acids is 2. The van der Waals surface area contributed by atoms with Gasteiger partial charge in [-0.05, 0) is 158 Å². The van der Waals surface area contributed by atoms with E-state index in [4.69, 9.17) is 22.9 Å². The number of carbonyl (C=O) groups is 20. The molecule has 137 heavy (non-hydrogen) atoms. The molecule has 0 aliphatic carbocycles. The zero-order valence-electron chi connectivity index (χ0n) is 80.7. The Hall–Kier alpha value is -9.61. The van der Waals surface area contributed by atoms with Gasteiger partial charge in [0.05, 0.1) is 88.7 Å². The molecule has 0 spiro atoms. The smallest absolute Gasteiger partial charge is 0.338 e. The van der Waals surface area contributed by atoms with E-state index in [1.54, 1.807) is 55.4 Å². The van der Waals surface area contributed by atoms with E-state index >= 15 is 0 Å². The molecule has 6 saturated heterocycles. The SMILES string of the molecule is C.CC(NC(C)(C)C)C(=O)NCC(=O)N1CCCC1C(=O)NC(CCC[NH+]=C(N)N)C(=O)NCC(=O)NC(CCC(=O)[O-])C(=O)N1CC(O)CC1C(=O)NCC(=O)N1CCCC1C(=O)C(C)(C)C.CC(NC(C)(C)C)C(=O)NCC(=O)N1CCCC1C(=O)NC(CCC[NH+]=C(N)N)C(=O)NCC(=O)NC(CCC(=O)[O-])C(=O)N1CC(O)CC1C(=O)NCC(=O)N1CCCC1C(=O)C(C)(C)C.[Y].[Y]. The predicted octanol–water partition coefficient (Wildman–Crippen LogP) is -12.8. The first-order valence-electron chi connectivity index (χ1n) is 45.7. The van der Waals surface area contributed by atoms with Gasteiger partial charge in [-0.25, -0.2) is 0 Å². The first-order chi connectivity index (χ1) is 62.4. The number of nitrogens with one attached hydrogen (secondary N) is 14. The number of carboxylic acid groups (broad SMARTS) is 2. The number of hydrogen-bond donors (Lipinski definition) is 20. The van der Waals surface area contributed by atoms with E-state index in [-0.39, 0.29) is 211 Å². The molecular weight excluding hydrogens is 1940 g/mol. The van der Waals surface area contributed by atoms with Crippen molar-refractivity contribution in [3.63, 3.8) is 0 Å². The standard InChI is InChI=1S/2C43H72N12O12.CH4.2Y/c2*1-24(52-43(5,6)7)36(63)48-21-33(59)54-18-10-13-29(54)39(66)51-26(11-8-16-46-41(44)45)37(64)47-20-31(57)50-27(14-15-34(60)61)40(67)55-23-25(56)19-30(55)38(65)49-22-32(58)53-17-9-12-28(53)35(62)42(2,3)4;;;/h2*24-30,52,56H,8-23H2,1-7H3,(H,47,64)(H,48,63)(H,49,65)(H,50,57)(H,51,66)(H,60,61)(H4,44,45,46);1H4;;. The zero-order chi connectivity index (χ0) is 101. The molecule has 48 nitrogen and oxygen atoms in total. The third-order valence-corrected chi connectivity index (χ3v) is 23.1. The minimum absolute atomic E-state index is 0. The molecule has 766 valence electrons. The van der Waals surface area contributed by atoms with Crippen molar-refractivity contribution in [3.05, 3.63) is 0 Å². The Labute approximate surface area is 850 Å². The number of aliphatic hydroxyl groups is 2. The van der Waals surface area contributed by atoms with Gasteiger partial charge in [-0.1, -0.05) is 49.0 Å². The Morgan fingerprint density at radius 2 is 0.657 bits per heavy atom. The molecule has 14 unspecified atom stereocenters. The molecule has 6 fully saturated rings. The number of aliphatic hydroxyl groups excluding tert-OH is 2. The minimum Gasteiger partial charge on any atom is -0.550 e. The molecule has 6 heterocycles. The maximum atomic E-state index is 13.9. The van der Waals surface area contributed by atoms with Crippen LogP contribution in [-0.2, 0) is 161 Å². The fraction of sp³-hybridized carbons (Fsp3) is 0.747. The van der Waals surface area contributed by atoms with Crippen LogP contribution in [0.2, 0.25) is 0 Å². The second kappa shape index (κ2) is 57.2. The van der Waals surface area contributed by atoms with Crippen LogP contribution >= 0.6 is 0 Å². The van der Waals surface area contributed by atoms with E-state index in [2.05, 4.69) is 73.8 Å². The molecule has 50 heteroatoms. The number of aliphatic carboxylic acids is 2. The topological polar surface area (TPSA) is 724 Å². The molecule has 0 aromatic rings. The van der Waals surface area contributed by atoms with Crippen molar-refractivity contribution in [2.75, 3.05) is 91.6 Å². The number of ketones is 2. The summed E-state index contributed by atoms with van der Waals surface area (Å²) >= 11 is 0. The van der Waals surface area contributed by atoms with Crippen molar-refractivity contribution >= 4 is 130 Å². The molecule has 0 bridgehead atoms. The normalized spacial score (nSPS) is 20.4. The summed E-state index contributed by atoms with van der Waals surface area (Å²) in [5.74, 6) is -14.5. The van der Waals surface area contributed by atoms with Crippen molar-refractivity contribution in [1.29, 1.82) is 0 Å². The largest absolute Gasteiger partial charge is 0.550 e. The second-order valence-corrected chi connectivity index (χ2v) is 38.8. The number of β-amino-alcohol motifs (C(OH)–C–C–N with tert-alkyl or cyclic N) is 2. The van der Waals surface area contributed by atoms with Gasteiger partial charge >= 0.3 is 11.9 Å². The van der Waals surface area contributed by atoms with Crippen LogP contribution in [-0.4, -0.2) is 357 Å². The van der Waals surface area contributed by atoms with Crippen molar-refractivity contribution in [1.82, 2.24) is 93.2 Å². The van der Waals surface area contributed by atoms with Gasteiger partial charge in [0.25, 0.3) is 0 Å². The van der Waals surface area contributed by atoms with Crippen molar-refractivity contribution < 1.29 is 192 Å². The number of amides is 16. The Balaban J connectivity index is 0.000000907. The van der Waals surface area contributed by atoms with Gasteiger partial charge in [0.15, 0.2) is 11.6 Å². The second-order valence-electron chi connectivity index (χ2n) is 38.8. The van der Waals surface area contributed by atoms with E-state index in [9.17, 15) is 116 Å². The summed E-state index contributed by atoms with van der Waals surface area (Å²) in [7, 11) is 0. The van der Waals surface area contributed by atoms with Gasteiger partial charge in [0.1, 0.15) is 48.3 Å². The number of nitrogens with two attached hydrogens (primary N) is 4. The van der Waals surface area contributed by atoms with E-state index in [0.29, 0.717) is 51.6 Å². The summed E-state index contributed by atoms with van der Waals surface area (Å²) < 4.78 is 0. The summed E-state index contributed by atoms with van der Waals surface area (Å²) in [6.07, 6.45) is -0.950. The molecule has 6 aliphatic rings. The maximum Gasteiger partial charge on any atom is 0.338 e. The monoisotopic (exact) mass is 2090 g/mol. The average Bonchev–Trinajstić information content (AvgIpc) is 1.67.